The third-order valence-electron chi connectivity index (χ3n) is 6.44. The molecule has 1 spiro atoms. The highest BCUT2D eigenvalue weighted by Gasteiger charge is 2.58. The Bertz CT molecular complexity index is 1140. The van der Waals surface area contributed by atoms with Crippen molar-refractivity contribution in [1.82, 2.24) is 4.98 Å². The second-order valence-electron chi connectivity index (χ2n) is 8.57. The summed E-state index contributed by atoms with van der Waals surface area (Å²) in [5.74, 6) is -1.31. The van der Waals surface area contributed by atoms with Gasteiger partial charge in [0.1, 0.15) is 3.92 Å². The zero-order valence-electron chi connectivity index (χ0n) is 18.1. The van der Waals surface area contributed by atoms with Gasteiger partial charge in [-0.3, -0.25) is 19.6 Å². The molecule has 1 unspecified atom stereocenters. The van der Waals surface area contributed by atoms with E-state index in [2.05, 4.69) is 37.9 Å². The van der Waals surface area contributed by atoms with Crippen molar-refractivity contribution in [3.63, 3.8) is 0 Å². The number of carbonyl (C=O) groups is 3. The third-order valence-corrected chi connectivity index (χ3v) is 8.17. The molecule has 1 aromatic heterocycles. The van der Waals surface area contributed by atoms with Crippen LogP contribution in [0.3, 0.4) is 0 Å². The van der Waals surface area contributed by atoms with E-state index in [1.165, 1.54) is 12.4 Å². The van der Waals surface area contributed by atoms with Crippen molar-refractivity contribution < 1.29 is 19.5 Å². The lowest BCUT2D eigenvalue weighted by atomic mass is 9.58. The highest BCUT2D eigenvalue weighted by Crippen LogP contribution is 2.49. The van der Waals surface area contributed by atoms with Crippen LogP contribution in [0, 0.1) is 5.41 Å². The van der Waals surface area contributed by atoms with Crippen LogP contribution in [0.2, 0.25) is 10.0 Å². The molecule has 1 aromatic carbocycles. The average molecular weight is 614 g/mol. The minimum absolute atomic E-state index is 0.129. The van der Waals surface area contributed by atoms with Crippen LogP contribution >= 0.6 is 45.8 Å². The molecule has 10 heteroatoms. The molecule has 4 rings (SSSR count). The largest absolute Gasteiger partial charge is 0.480 e. The zero-order valence-corrected chi connectivity index (χ0v) is 21.7. The number of Topliss-reactive ketones (excluding diaryl/α,β-unsaturated/α-hetero) is 1. The number of carboxylic acids is 1. The zero-order chi connectivity index (χ0) is 24.5. The van der Waals surface area contributed by atoms with Crippen LogP contribution in [0.25, 0.3) is 0 Å². The number of anilines is 1. The highest BCUT2D eigenvalue weighted by molar-refractivity contribution is 14.1. The number of carbonyl (C=O) groups excluding carboxylic acids is 2. The lowest BCUT2D eigenvalue weighted by Gasteiger charge is -2.48. The number of aliphatic carboxylic acids is 1. The Morgan fingerprint density at radius 3 is 2.35 bits per heavy atom. The van der Waals surface area contributed by atoms with Gasteiger partial charge in [-0.2, -0.15) is 0 Å². The number of amides is 1. The molecule has 2 atom stereocenters. The van der Waals surface area contributed by atoms with Crippen molar-refractivity contribution in [3.8, 4) is 0 Å². The molecule has 2 aliphatic carbocycles. The van der Waals surface area contributed by atoms with Crippen LogP contribution < -0.4 is 5.32 Å². The van der Waals surface area contributed by atoms with Crippen LogP contribution in [0.4, 0.5) is 5.69 Å². The fourth-order valence-corrected chi connectivity index (χ4v) is 6.52. The molecule has 2 aromatic rings. The van der Waals surface area contributed by atoms with E-state index in [1.807, 2.05) is 0 Å². The molecular weight excluding hydrogens is 592 g/mol. The molecule has 34 heavy (non-hydrogen) atoms. The van der Waals surface area contributed by atoms with Gasteiger partial charge >= 0.3 is 5.97 Å². The van der Waals surface area contributed by atoms with Gasteiger partial charge in [0.25, 0.3) is 5.91 Å². The van der Waals surface area contributed by atoms with Gasteiger partial charge in [-0.05, 0) is 30.5 Å². The number of aliphatic imine (C=N–C) groups is 1. The van der Waals surface area contributed by atoms with Crippen LogP contribution in [0.15, 0.2) is 41.7 Å². The number of alkyl halides is 1. The number of pyridine rings is 1. The number of benzene rings is 1. The van der Waals surface area contributed by atoms with E-state index in [1.54, 1.807) is 24.3 Å². The molecular formula is C24H22Cl2IN3O4. The second kappa shape index (κ2) is 10.3. The first-order chi connectivity index (χ1) is 16.2. The smallest absolute Gasteiger partial charge is 0.328 e. The average Bonchev–Trinajstić information content (AvgIpc) is 2.82. The summed E-state index contributed by atoms with van der Waals surface area (Å²) in [6.45, 7) is 0. The summed E-state index contributed by atoms with van der Waals surface area (Å²) in [5.41, 5.74) is 1.57. The summed E-state index contributed by atoms with van der Waals surface area (Å²) in [7, 11) is 0. The van der Waals surface area contributed by atoms with E-state index in [0.717, 1.165) is 43.4 Å². The van der Waals surface area contributed by atoms with Crippen molar-refractivity contribution in [2.45, 2.75) is 48.5 Å². The van der Waals surface area contributed by atoms with Gasteiger partial charge in [0.05, 0.1) is 21.0 Å². The number of hydrogen-bond acceptors (Lipinski definition) is 5. The maximum atomic E-state index is 12.6. The number of hydrogen-bond donors (Lipinski definition) is 2. The summed E-state index contributed by atoms with van der Waals surface area (Å²) in [6.07, 6.45) is 7.41. The summed E-state index contributed by atoms with van der Waals surface area (Å²) in [4.78, 5) is 45.6. The topological polar surface area (TPSA) is 109 Å². The number of nitrogens with one attached hydrogen (secondary N) is 1. The number of ketones is 1. The first-order valence-electron chi connectivity index (χ1n) is 10.9. The summed E-state index contributed by atoms with van der Waals surface area (Å²) < 4.78 is -0.345. The Kier molecular flexibility index (Phi) is 7.59. The van der Waals surface area contributed by atoms with Crippen LogP contribution in [0.5, 0.6) is 0 Å². The molecule has 2 saturated carbocycles. The lowest BCUT2D eigenvalue weighted by Crippen LogP contribution is -2.61. The van der Waals surface area contributed by atoms with Gasteiger partial charge in [-0.25, -0.2) is 4.79 Å². The van der Waals surface area contributed by atoms with E-state index >= 15 is 0 Å². The number of rotatable bonds is 6. The molecule has 2 fully saturated rings. The molecule has 1 heterocycles. The predicted molar refractivity (Wildman–Crippen MR) is 140 cm³/mol. The first-order valence-corrected chi connectivity index (χ1v) is 12.9. The highest BCUT2D eigenvalue weighted by atomic mass is 127. The normalized spacial score (nSPS) is 21.2. The van der Waals surface area contributed by atoms with E-state index in [-0.39, 0.29) is 31.7 Å². The molecule has 7 nitrogen and oxygen atoms in total. The van der Waals surface area contributed by atoms with E-state index in [4.69, 9.17) is 23.2 Å². The first kappa shape index (κ1) is 25.1. The molecule has 0 bridgehead atoms. The third kappa shape index (κ3) is 4.85. The quantitative estimate of drug-likeness (QED) is 0.334. The molecule has 2 N–H and O–H groups in total. The van der Waals surface area contributed by atoms with E-state index < -0.39 is 23.3 Å². The summed E-state index contributed by atoms with van der Waals surface area (Å²) >= 11 is 14.1. The van der Waals surface area contributed by atoms with Crippen molar-refractivity contribution in [2.75, 3.05) is 5.32 Å². The maximum Gasteiger partial charge on any atom is 0.328 e. The van der Waals surface area contributed by atoms with Crippen molar-refractivity contribution in [1.29, 1.82) is 0 Å². The Balaban J connectivity index is 1.48. The Hall–Kier alpha value is -2.04. The van der Waals surface area contributed by atoms with Gasteiger partial charge in [0.2, 0.25) is 0 Å². The van der Waals surface area contributed by atoms with Crippen molar-refractivity contribution in [3.05, 3.63) is 57.8 Å². The summed E-state index contributed by atoms with van der Waals surface area (Å²) in [6, 6.07) is 5.86. The standard InChI is InChI=1S/C24H22Cl2IN3O4/c25-15-11-28-12-16(26)18(15)22(32)29-14-6-4-13(5-7-14)10-17(23(33)34)30-20-19(27)21(31)24(20)8-2-1-3-9-24/h4-7,11-12,17,19H,1-3,8-10H2,(H,29,32)(H,33,34)/t17-,19?/m0/s1. The number of carboxylic acid groups (broad SMARTS) is 1. The Morgan fingerprint density at radius 2 is 1.76 bits per heavy atom. The van der Waals surface area contributed by atoms with Gasteiger partial charge < -0.3 is 10.4 Å². The van der Waals surface area contributed by atoms with Gasteiger partial charge in [0.15, 0.2) is 11.8 Å². The van der Waals surface area contributed by atoms with Crippen LogP contribution in [-0.4, -0.2) is 43.4 Å². The molecule has 0 saturated heterocycles. The molecule has 2 aliphatic rings. The van der Waals surface area contributed by atoms with Crippen LogP contribution in [-0.2, 0) is 16.0 Å². The molecule has 0 radical (unpaired) electrons. The molecule has 178 valence electrons. The van der Waals surface area contributed by atoms with Crippen LogP contribution in [0.1, 0.15) is 48.0 Å². The monoisotopic (exact) mass is 613 g/mol. The number of aromatic nitrogens is 1. The van der Waals surface area contributed by atoms with Crippen molar-refractivity contribution >= 4 is 74.9 Å². The molecule has 1 amide bonds. The van der Waals surface area contributed by atoms with Crippen molar-refractivity contribution in [2.24, 2.45) is 10.4 Å². The number of nitrogens with zero attached hydrogens (tertiary/aromatic N) is 2. The number of halogens is 3. The second-order valence-corrected chi connectivity index (χ2v) is 10.6. The van der Waals surface area contributed by atoms with Gasteiger partial charge in [0, 0.05) is 30.2 Å². The minimum atomic E-state index is -1.03. The van der Waals surface area contributed by atoms with E-state index in [0.29, 0.717) is 5.69 Å². The Labute approximate surface area is 220 Å². The fourth-order valence-electron chi connectivity index (χ4n) is 4.63. The summed E-state index contributed by atoms with van der Waals surface area (Å²) in [5, 5.41) is 12.8. The predicted octanol–water partition coefficient (Wildman–Crippen LogP) is 5.41. The maximum absolute atomic E-state index is 12.6. The van der Waals surface area contributed by atoms with Gasteiger partial charge in [-0.15, -0.1) is 0 Å². The lowest BCUT2D eigenvalue weighted by molar-refractivity contribution is -0.138. The Morgan fingerprint density at radius 1 is 1.15 bits per heavy atom. The fraction of sp³-hybridized carbons (Fsp3) is 0.375. The SMILES string of the molecule is O=C(Nc1ccc(C[C@H](N=C2C(I)C(=O)C23CCCCC3)C(=O)O)cc1)c1c(Cl)cncc1Cl. The van der Waals surface area contributed by atoms with Gasteiger partial charge in [-0.1, -0.05) is 77.2 Å². The van der Waals surface area contributed by atoms with E-state index in [9.17, 15) is 19.5 Å². The molecule has 0 aliphatic heterocycles. The minimum Gasteiger partial charge on any atom is -0.480 e.